The van der Waals surface area contributed by atoms with E-state index in [1.165, 1.54) is 12.1 Å². The van der Waals surface area contributed by atoms with Crippen LogP contribution < -0.4 is 0 Å². The SMILES string of the molecule is CN1CC(C(=O)O)C(c2cc(F)ccc2Br)C1. The number of likely N-dealkylation sites (N-methyl/N-ethyl adjacent to an activating group) is 1. The second-order valence-electron chi connectivity index (χ2n) is 4.44. The molecule has 1 fully saturated rings. The quantitative estimate of drug-likeness (QED) is 0.911. The molecular formula is C12H13BrFNO2. The maximum Gasteiger partial charge on any atom is 0.308 e. The van der Waals surface area contributed by atoms with Crippen LogP contribution in [0.1, 0.15) is 11.5 Å². The van der Waals surface area contributed by atoms with Crippen LogP contribution in [0.5, 0.6) is 0 Å². The van der Waals surface area contributed by atoms with Crippen LogP contribution in [0.4, 0.5) is 4.39 Å². The third-order valence-corrected chi connectivity index (χ3v) is 3.90. The van der Waals surface area contributed by atoms with Gasteiger partial charge in [-0.15, -0.1) is 0 Å². The van der Waals surface area contributed by atoms with Crippen molar-refractivity contribution in [2.75, 3.05) is 20.1 Å². The maximum atomic E-state index is 13.2. The summed E-state index contributed by atoms with van der Waals surface area (Å²) in [5.41, 5.74) is 0.738. The van der Waals surface area contributed by atoms with E-state index in [0.29, 0.717) is 13.1 Å². The van der Waals surface area contributed by atoms with Gasteiger partial charge in [0, 0.05) is 23.5 Å². The van der Waals surface area contributed by atoms with Crippen LogP contribution >= 0.6 is 15.9 Å². The zero-order valence-electron chi connectivity index (χ0n) is 9.36. The fraction of sp³-hybridized carbons (Fsp3) is 0.417. The van der Waals surface area contributed by atoms with E-state index in [1.54, 1.807) is 6.07 Å². The van der Waals surface area contributed by atoms with Gasteiger partial charge >= 0.3 is 5.97 Å². The van der Waals surface area contributed by atoms with Gasteiger partial charge in [0.15, 0.2) is 0 Å². The summed E-state index contributed by atoms with van der Waals surface area (Å²) in [5, 5.41) is 9.19. The van der Waals surface area contributed by atoms with Gasteiger partial charge in [0.1, 0.15) is 5.82 Å². The summed E-state index contributed by atoms with van der Waals surface area (Å²) in [6.07, 6.45) is 0. The molecule has 2 atom stereocenters. The van der Waals surface area contributed by atoms with Gasteiger partial charge in [0.05, 0.1) is 5.92 Å². The lowest BCUT2D eigenvalue weighted by Gasteiger charge is -2.16. The van der Waals surface area contributed by atoms with Crippen molar-refractivity contribution in [3.05, 3.63) is 34.1 Å². The van der Waals surface area contributed by atoms with Crippen LogP contribution in [-0.4, -0.2) is 36.1 Å². The minimum Gasteiger partial charge on any atom is -0.481 e. The molecule has 2 rings (SSSR count). The van der Waals surface area contributed by atoms with Crippen molar-refractivity contribution in [1.29, 1.82) is 0 Å². The highest BCUT2D eigenvalue weighted by molar-refractivity contribution is 9.10. The Kier molecular flexibility index (Phi) is 3.49. The molecule has 1 aromatic rings. The Morgan fingerprint density at radius 2 is 2.24 bits per heavy atom. The predicted octanol–water partition coefficient (Wildman–Crippen LogP) is 2.32. The Hall–Kier alpha value is -0.940. The number of carboxylic acid groups (broad SMARTS) is 1. The fourth-order valence-corrected chi connectivity index (χ4v) is 2.91. The highest BCUT2D eigenvalue weighted by Gasteiger charge is 2.37. The summed E-state index contributed by atoms with van der Waals surface area (Å²) in [4.78, 5) is 13.2. The second-order valence-corrected chi connectivity index (χ2v) is 5.29. The Bertz CT molecular complexity index is 452. The molecular weight excluding hydrogens is 289 g/mol. The standard InChI is InChI=1S/C12H13BrFNO2/c1-15-5-9(10(6-15)12(16)17)8-4-7(14)2-3-11(8)13/h2-4,9-10H,5-6H2,1H3,(H,16,17). The number of halogens is 2. The van der Waals surface area contributed by atoms with E-state index >= 15 is 0 Å². The highest BCUT2D eigenvalue weighted by atomic mass is 79.9. The monoisotopic (exact) mass is 301 g/mol. The molecule has 1 aliphatic heterocycles. The van der Waals surface area contributed by atoms with Gasteiger partial charge in [0.25, 0.3) is 0 Å². The van der Waals surface area contributed by atoms with Crippen molar-refractivity contribution in [1.82, 2.24) is 4.90 Å². The van der Waals surface area contributed by atoms with Crippen LogP contribution in [-0.2, 0) is 4.79 Å². The first-order valence-corrected chi connectivity index (χ1v) is 6.14. The summed E-state index contributed by atoms with van der Waals surface area (Å²) in [5.74, 6) is -1.79. The van der Waals surface area contributed by atoms with Crippen LogP contribution in [0.2, 0.25) is 0 Å². The van der Waals surface area contributed by atoms with Crippen molar-refractivity contribution in [2.24, 2.45) is 5.92 Å². The lowest BCUT2D eigenvalue weighted by atomic mass is 9.89. The largest absolute Gasteiger partial charge is 0.481 e. The minimum absolute atomic E-state index is 0.164. The van der Waals surface area contributed by atoms with E-state index in [-0.39, 0.29) is 11.7 Å². The van der Waals surface area contributed by atoms with Gasteiger partial charge in [-0.05, 0) is 30.8 Å². The number of rotatable bonds is 2. The number of benzene rings is 1. The summed E-state index contributed by atoms with van der Waals surface area (Å²) < 4.78 is 14.0. The van der Waals surface area contributed by atoms with Gasteiger partial charge in [-0.1, -0.05) is 15.9 Å². The van der Waals surface area contributed by atoms with Gasteiger partial charge in [-0.25, -0.2) is 4.39 Å². The number of hydrogen-bond acceptors (Lipinski definition) is 2. The Balaban J connectivity index is 2.37. The van der Waals surface area contributed by atoms with Crippen molar-refractivity contribution >= 4 is 21.9 Å². The zero-order chi connectivity index (χ0) is 12.6. The first-order chi connectivity index (χ1) is 7.99. The van der Waals surface area contributed by atoms with E-state index in [2.05, 4.69) is 15.9 Å². The summed E-state index contributed by atoms with van der Waals surface area (Å²) in [7, 11) is 1.88. The second kappa shape index (κ2) is 4.74. The minimum atomic E-state index is -0.824. The normalized spacial score (nSPS) is 25.1. The maximum absolute atomic E-state index is 13.2. The Labute approximate surface area is 107 Å². The van der Waals surface area contributed by atoms with Crippen molar-refractivity contribution in [3.63, 3.8) is 0 Å². The van der Waals surface area contributed by atoms with Crippen LogP contribution in [0.3, 0.4) is 0 Å². The van der Waals surface area contributed by atoms with E-state index in [1.807, 2.05) is 11.9 Å². The molecule has 92 valence electrons. The van der Waals surface area contributed by atoms with E-state index in [0.717, 1.165) is 10.0 Å². The summed E-state index contributed by atoms with van der Waals surface area (Å²) in [6.45, 7) is 1.14. The molecule has 1 aliphatic rings. The van der Waals surface area contributed by atoms with E-state index < -0.39 is 11.9 Å². The number of carbonyl (C=O) groups is 1. The molecule has 0 bridgehead atoms. The van der Waals surface area contributed by atoms with Gasteiger partial charge in [-0.2, -0.15) is 0 Å². The Morgan fingerprint density at radius 3 is 2.88 bits per heavy atom. The van der Waals surface area contributed by atoms with Crippen LogP contribution in [0, 0.1) is 11.7 Å². The lowest BCUT2D eigenvalue weighted by molar-refractivity contribution is -0.141. The number of hydrogen-bond donors (Lipinski definition) is 1. The number of nitrogens with zero attached hydrogens (tertiary/aromatic N) is 1. The van der Waals surface area contributed by atoms with Crippen molar-refractivity contribution in [3.8, 4) is 0 Å². The molecule has 0 saturated carbocycles. The molecule has 0 spiro atoms. The van der Waals surface area contributed by atoms with Gasteiger partial charge < -0.3 is 10.0 Å². The topological polar surface area (TPSA) is 40.5 Å². The Morgan fingerprint density at radius 1 is 1.53 bits per heavy atom. The van der Waals surface area contributed by atoms with E-state index in [9.17, 15) is 14.3 Å². The average molecular weight is 302 g/mol. The molecule has 1 heterocycles. The first-order valence-electron chi connectivity index (χ1n) is 5.35. The summed E-state index contributed by atoms with van der Waals surface area (Å²) >= 11 is 3.36. The van der Waals surface area contributed by atoms with Crippen molar-refractivity contribution in [2.45, 2.75) is 5.92 Å². The smallest absolute Gasteiger partial charge is 0.308 e. The van der Waals surface area contributed by atoms with Gasteiger partial charge in [0.2, 0.25) is 0 Å². The molecule has 5 heteroatoms. The van der Waals surface area contributed by atoms with Crippen LogP contribution in [0.25, 0.3) is 0 Å². The number of carboxylic acids is 1. The molecule has 17 heavy (non-hydrogen) atoms. The van der Waals surface area contributed by atoms with Gasteiger partial charge in [-0.3, -0.25) is 4.79 Å². The fourth-order valence-electron chi connectivity index (χ4n) is 2.36. The number of aliphatic carboxylic acids is 1. The third-order valence-electron chi connectivity index (χ3n) is 3.18. The zero-order valence-corrected chi connectivity index (χ0v) is 10.9. The summed E-state index contributed by atoms with van der Waals surface area (Å²) in [6, 6.07) is 4.41. The predicted molar refractivity (Wildman–Crippen MR) is 65.5 cm³/mol. The number of likely N-dealkylation sites (tertiary alicyclic amines) is 1. The molecule has 1 N–H and O–H groups in total. The first kappa shape index (κ1) is 12.5. The van der Waals surface area contributed by atoms with Crippen molar-refractivity contribution < 1.29 is 14.3 Å². The molecule has 0 amide bonds. The molecule has 1 aromatic carbocycles. The average Bonchev–Trinajstić information content (AvgIpc) is 2.64. The molecule has 0 radical (unpaired) electrons. The molecule has 1 saturated heterocycles. The third kappa shape index (κ3) is 2.50. The molecule has 2 unspecified atom stereocenters. The molecule has 0 aliphatic carbocycles. The highest BCUT2D eigenvalue weighted by Crippen LogP contribution is 2.36. The van der Waals surface area contributed by atoms with Crippen LogP contribution in [0.15, 0.2) is 22.7 Å². The lowest BCUT2D eigenvalue weighted by Crippen LogP contribution is -2.21. The van der Waals surface area contributed by atoms with E-state index in [4.69, 9.17) is 0 Å². The molecule has 3 nitrogen and oxygen atoms in total. The molecule has 0 aromatic heterocycles.